The molecule has 5 heteroatoms. The second-order valence-corrected chi connectivity index (χ2v) is 7.74. The van der Waals surface area contributed by atoms with E-state index in [0.29, 0.717) is 35.1 Å². The molecule has 3 aliphatic rings. The molecule has 1 heterocycles. The highest BCUT2D eigenvalue weighted by Gasteiger charge is 2.38. The molecule has 3 atom stereocenters. The number of benzene rings is 1. The van der Waals surface area contributed by atoms with Crippen molar-refractivity contribution in [3.8, 4) is 0 Å². The van der Waals surface area contributed by atoms with E-state index in [2.05, 4.69) is 17.5 Å². The smallest absolute Gasteiger partial charge is 0.261 e. The number of imide groups is 1. The van der Waals surface area contributed by atoms with Gasteiger partial charge in [0.1, 0.15) is 0 Å². The zero-order chi connectivity index (χ0) is 17.7. The van der Waals surface area contributed by atoms with Gasteiger partial charge in [-0.05, 0) is 48.8 Å². The predicted octanol–water partition coefficient (Wildman–Crippen LogP) is 2.63. The molecule has 1 aliphatic heterocycles. The van der Waals surface area contributed by atoms with Crippen molar-refractivity contribution in [1.29, 1.82) is 0 Å². The van der Waals surface area contributed by atoms with Gasteiger partial charge >= 0.3 is 0 Å². The summed E-state index contributed by atoms with van der Waals surface area (Å²) in [6, 6.07) is 4.98. The number of allylic oxidation sites excluding steroid dienone is 1. The van der Waals surface area contributed by atoms with E-state index in [4.69, 9.17) is 0 Å². The van der Waals surface area contributed by atoms with E-state index in [-0.39, 0.29) is 29.7 Å². The zero-order valence-electron chi connectivity index (χ0n) is 14.5. The van der Waals surface area contributed by atoms with Gasteiger partial charge in [-0.25, -0.2) is 0 Å². The fourth-order valence-electron chi connectivity index (χ4n) is 4.16. The number of rotatable bonds is 4. The lowest BCUT2D eigenvalue weighted by molar-refractivity contribution is 0.0636. The van der Waals surface area contributed by atoms with E-state index in [1.807, 2.05) is 13.8 Å². The van der Waals surface area contributed by atoms with Crippen molar-refractivity contribution in [2.45, 2.75) is 32.7 Å². The Balaban J connectivity index is 1.53. The Bertz CT molecular complexity index is 796. The monoisotopic (exact) mass is 338 g/mol. The Morgan fingerprint density at radius 1 is 1.16 bits per heavy atom. The molecule has 2 aliphatic carbocycles. The number of hydrogen-bond donors (Lipinski definition) is 1. The Kier molecular flexibility index (Phi) is 3.74. The fourth-order valence-corrected chi connectivity index (χ4v) is 4.16. The molecule has 3 amide bonds. The summed E-state index contributed by atoms with van der Waals surface area (Å²) in [7, 11) is 0. The summed E-state index contributed by atoms with van der Waals surface area (Å²) in [5.74, 6) is 0.476. The van der Waals surface area contributed by atoms with Crippen LogP contribution in [0.4, 0.5) is 0 Å². The van der Waals surface area contributed by atoms with Crippen molar-refractivity contribution in [2.24, 2.45) is 17.8 Å². The summed E-state index contributed by atoms with van der Waals surface area (Å²) in [4.78, 5) is 38.8. The maximum atomic E-state index is 12.6. The quantitative estimate of drug-likeness (QED) is 0.678. The van der Waals surface area contributed by atoms with Gasteiger partial charge in [-0.3, -0.25) is 19.3 Å². The first-order valence-corrected chi connectivity index (χ1v) is 8.93. The third-order valence-corrected chi connectivity index (χ3v) is 5.38. The number of carbonyl (C=O) groups is 3. The third-order valence-electron chi connectivity index (χ3n) is 5.38. The van der Waals surface area contributed by atoms with Crippen LogP contribution in [0.15, 0.2) is 30.4 Å². The Morgan fingerprint density at radius 2 is 1.92 bits per heavy atom. The summed E-state index contributed by atoms with van der Waals surface area (Å²) < 4.78 is 0. The van der Waals surface area contributed by atoms with Crippen LogP contribution in [0.2, 0.25) is 0 Å². The summed E-state index contributed by atoms with van der Waals surface area (Å²) >= 11 is 0. The molecule has 0 saturated heterocycles. The highest BCUT2D eigenvalue weighted by molar-refractivity contribution is 6.22. The third kappa shape index (κ3) is 2.68. The highest BCUT2D eigenvalue weighted by atomic mass is 16.2. The highest BCUT2D eigenvalue weighted by Crippen LogP contribution is 2.39. The molecular weight excluding hydrogens is 316 g/mol. The van der Waals surface area contributed by atoms with E-state index < -0.39 is 0 Å². The number of hydrogen-bond acceptors (Lipinski definition) is 3. The van der Waals surface area contributed by atoms with Crippen LogP contribution in [0.1, 0.15) is 57.8 Å². The van der Waals surface area contributed by atoms with Gasteiger partial charge in [0, 0.05) is 18.2 Å². The Labute approximate surface area is 147 Å². The van der Waals surface area contributed by atoms with E-state index in [9.17, 15) is 14.4 Å². The van der Waals surface area contributed by atoms with Crippen LogP contribution < -0.4 is 5.32 Å². The standard InChI is InChI=1S/C20H22N2O3/c1-11(2)10-22-19(24)15-6-5-14(9-16(15)20(22)25)18(23)21-17-8-12-3-4-13(17)7-12/h3-6,9,11-13,17H,7-8,10H2,1-2H3,(H,21,23). The molecule has 1 aromatic carbocycles. The van der Waals surface area contributed by atoms with Crippen molar-refractivity contribution < 1.29 is 14.4 Å². The van der Waals surface area contributed by atoms with Crippen molar-refractivity contribution in [2.75, 3.05) is 6.54 Å². The van der Waals surface area contributed by atoms with Crippen LogP contribution in [0.5, 0.6) is 0 Å². The lowest BCUT2D eigenvalue weighted by Crippen LogP contribution is -2.37. The van der Waals surface area contributed by atoms with Crippen molar-refractivity contribution >= 4 is 17.7 Å². The molecule has 1 N–H and O–H groups in total. The van der Waals surface area contributed by atoms with Crippen LogP contribution in [0.25, 0.3) is 0 Å². The van der Waals surface area contributed by atoms with E-state index in [1.54, 1.807) is 18.2 Å². The average Bonchev–Trinajstić information content (AvgIpc) is 3.25. The second kappa shape index (κ2) is 5.83. The van der Waals surface area contributed by atoms with Crippen LogP contribution in [0, 0.1) is 17.8 Å². The molecule has 0 aromatic heterocycles. The largest absolute Gasteiger partial charge is 0.349 e. The lowest BCUT2D eigenvalue weighted by atomic mass is 10.0. The number of amides is 3. The van der Waals surface area contributed by atoms with Gasteiger partial charge in [0.2, 0.25) is 0 Å². The molecule has 1 fully saturated rings. The SMILES string of the molecule is CC(C)CN1C(=O)c2ccc(C(=O)NC3CC4C=CC3C4)cc2C1=O. The first-order chi connectivity index (χ1) is 11.9. The molecule has 5 nitrogen and oxygen atoms in total. The predicted molar refractivity (Wildman–Crippen MR) is 93.3 cm³/mol. The Hall–Kier alpha value is -2.43. The first kappa shape index (κ1) is 16.1. The number of nitrogens with zero attached hydrogens (tertiary/aromatic N) is 1. The van der Waals surface area contributed by atoms with Gasteiger partial charge in [-0.15, -0.1) is 0 Å². The number of carbonyl (C=O) groups excluding carboxylic acids is 3. The van der Waals surface area contributed by atoms with Gasteiger partial charge in [0.15, 0.2) is 0 Å². The van der Waals surface area contributed by atoms with E-state index in [0.717, 1.165) is 12.8 Å². The summed E-state index contributed by atoms with van der Waals surface area (Å²) in [6.07, 6.45) is 6.52. The molecule has 3 unspecified atom stereocenters. The van der Waals surface area contributed by atoms with Crippen LogP contribution in [0.3, 0.4) is 0 Å². The van der Waals surface area contributed by atoms with Gasteiger partial charge in [-0.2, -0.15) is 0 Å². The topological polar surface area (TPSA) is 66.5 Å². The molecule has 0 spiro atoms. The van der Waals surface area contributed by atoms with Crippen molar-refractivity contribution in [3.63, 3.8) is 0 Å². The van der Waals surface area contributed by atoms with Crippen LogP contribution in [-0.2, 0) is 0 Å². The van der Waals surface area contributed by atoms with Gasteiger partial charge in [0.25, 0.3) is 17.7 Å². The minimum atomic E-state index is -0.300. The molecule has 25 heavy (non-hydrogen) atoms. The van der Waals surface area contributed by atoms with Gasteiger partial charge < -0.3 is 5.32 Å². The van der Waals surface area contributed by atoms with E-state index >= 15 is 0 Å². The number of fused-ring (bicyclic) bond motifs is 3. The minimum Gasteiger partial charge on any atom is -0.349 e. The molecule has 130 valence electrons. The van der Waals surface area contributed by atoms with Gasteiger partial charge in [0.05, 0.1) is 11.1 Å². The second-order valence-electron chi connectivity index (χ2n) is 7.74. The van der Waals surface area contributed by atoms with E-state index in [1.165, 1.54) is 4.90 Å². The molecule has 0 radical (unpaired) electrons. The summed E-state index contributed by atoms with van der Waals surface area (Å²) in [5.41, 5.74) is 1.18. The van der Waals surface area contributed by atoms with Gasteiger partial charge in [-0.1, -0.05) is 26.0 Å². The molecular formula is C20H22N2O3. The van der Waals surface area contributed by atoms with Crippen LogP contribution in [-0.4, -0.2) is 35.2 Å². The summed E-state index contributed by atoms with van der Waals surface area (Å²) in [5, 5.41) is 3.09. The fraction of sp³-hybridized carbons (Fsp3) is 0.450. The first-order valence-electron chi connectivity index (χ1n) is 8.93. The summed E-state index contributed by atoms with van der Waals surface area (Å²) in [6.45, 7) is 4.32. The molecule has 2 bridgehead atoms. The average molecular weight is 338 g/mol. The van der Waals surface area contributed by atoms with Crippen LogP contribution >= 0.6 is 0 Å². The normalized spacial score (nSPS) is 26.7. The zero-order valence-corrected chi connectivity index (χ0v) is 14.5. The molecule has 1 aromatic rings. The minimum absolute atomic E-state index is 0.170. The lowest BCUT2D eigenvalue weighted by Gasteiger charge is -2.19. The maximum absolute atomic E-state index is 12.6. The molecule has 1 saturated carbocycles. The van der Waals surface area contributed by atoms with Crippen molar-refractivity contribution in [1.82, 2.24) is 10.2 Å². The maximum Gasteiger partial charge on any atom is 0.261 e. The molecule has 4 rings (SSSR count). The van der Waals surface area contributed by atoms with Crippen molar-refractivity contribution in [3.05, 3.63) is 47.0 Å². The number of nitrogens with one attached hydrogen (secondary N) is 1. The Morgan fingerprint density at radius 3 is 2.56 bits per heavy atom.